The Bertz CT molecular complexity index is 419. The lowest BCUT2D eigenvalue weighted by atomic mass is 9.86. The van der Waals surface area contributed by atoms with Gasteiger partial charge < -0.3 is 4.90 Å². The number of pyridine rings is 1. The van der Waals surface area contributed by atoms with Gasteiger partial charge in [-0.2, -0.15) is 0 Å². The Hall–Kier alpha value is -0.760. The second-order valence-corrected chi connectivity index (χ2v) is 6.10. The Morgan fingerprint density at radius 1 is 1.39 bits per heavy atom. The molecule has 0 amide bonds. The molecule has 0 radical (unpaired) electrons. The highest BCUT2D eigenvalue weighted by atomic mass is 35.5. The highest BCUT2D eigenvalue weighted by Gasteiger charge is 2.30. The summed E-state index contributed by atoms with van der Waals surface area (Å²) >= 11 is 5.86. The van der Waals surface area contributed by atoms with E-state index in [2.05, 4.69) is 43.6 Å². The number of aromatic nitrogens is 1. The number of anilines is 1. The molecule has 3 unspecified atom stereocenters. The maximum Gasteiger partial charge on any atom is 0.131 e. The second kappa shape index (κ2) is 5.48. The molecule has 1 aromatic heterocycles. The van der Waals surface area contributed by atoms with Crippen LogP contribution in [-0.4, -0.2) is 17.6 Å². The Balaban J connectivity index is 2.29. The van der Waals surface area contributed by atoms with E-state index in [9.17, 15) is 0 Å². The average molecular weight is 267 g/mol. The van der Waals surface area contributed by atoms with Gasteiger partial charge in [-0.25, -0.2) is 4.98 Å². The summed E-state index contributed by atoms with van der Waals surface area (Å²) < 4.78 is 0. The molecule has 1 fully saturated rings. The van der Waals surface area contributed by atoms with Crippen molar-refractivity contribution in [2.45, 2.75) is 46.0 Å². The summed E-state index contributed by atoms with van der Waals surface area (Å²) in [5.41, 5.74) is 2.34. The van der Waals surface area contributed by atoms with Gasteiger partial charge in [0, 0.05) is 24.7 Å². The van der Waals surface area contributed by atoms with Gasteiger partial charge in [-0.3, -0.25) is 0 Å². The molecule has 1 aliphatic rings. The number of nitrogens with zero attached hydrogens (tertiary/aromatic N) is 2. The van der Waals surface area contributed by atoms with E-state index in [1.54, 1.807) is 0 Å². The molecule has 18 heavy (non-hydrogen) atoms. The van der Waals surface area contributed by atoms with E-state index < -0.39 is 0 Å². The number of hydrogen-bond acceptors (Lipinski definition) is 2. The summed E-state index contributed by atoms with van der Waals surface area (Å²) in [5, 5.41) is 0. The van der Waals surface area contributed by atoms with Crippen LogP contribution in [0.25, 0.3) is 0 Å². The van der Waals surface area contributed by atoms with Crippen LogP contribution >= 0.6 is 11.6 Å². The standard InChI is InChI=1S/C15H23ClN2/c1-10-5-11(2)13(4)18(9-10)15-12(3)6-14(7-16)8-17-15/h6,8,10-11,13H,5,7,9H2,1-4H3. The van der Waals surface area contributed by atoms with Crippen LogP contribution in [-0.2, 0) is 5.88 Å². The van der Waals surface area contributed by atoms with E-state index >= 15 is 0 Å². The molecule has 3 atom stereocenters. The van der Waals surface area contributed by atoms with Gasteiger partial charge in [-0.15, -0.1) is 11.6 Å². The predicted molar refractivity (Wildman–Crippen MR) is 78.3 cm³/mol. The minimum Gasteiger partial charge on any atom is -0.353 e. The van der Waals surface area contributed by atoms with Gasteiger partial charge in [0.1, 0.15) is 5.82 Å². The summed E-state index contributed by atoms with van der Waals surface area (Å²) in [6.07, 6.45) is 3.22. The molecule has 1 aromatic rings. The highest BCUT2D eigenvalue weighted by molar-refractivity contribution is 6.17. The van der Waals surface area contributed by atoms with Crippen molar-refractivity contribution in [3.05, 3.63) is 23.4 Å². The highest BCUT2D eigenvalue weighted by Crippen LogP contribution is 2.32. The van der Waals surface area contributed by atoms with Crippen molar-refractivity contribution in [1.29, 1.82) is 0 Å². The molecule has 3 heteroatoms. The topological polar surface area (TPSA) is 16.1 Å². The smallest absolute Gasteiger partial charge is 0.131 e. The largest absolute Gasteiger partial charge is 0.353 e. The first-order valence-corrected chi connectivity index (χ1v) is 7.34. The number of alkyl halides is 1. The summed E-state index contributed by atoms with van der Waals surface area (Å²) in [6.45, 7) is 10.2. The molecule has 2 heterocycles. The van der Waals surface area contributed by atoms with Crippen LogP contribution in [0.5, 0.6) is 0 Å². The van der Waals surface area contributed by atoms with Crippen molar-refractivity contribution in [3.63, 3.8) is 0 Å². The Morgan fingerprint density at radius 3 is 2.72 bits per heavy atom. The molecule has 0 aromatic carbocycles. The maximum absolute atomic E-state index is 5.86. The lowest BCUT2D eigenvalue weighted by Gasteiger charge is -2.42. The fourth-order valence-electron chi connectivity index (χ4n) is 2.99. The van der Waals surface area contributed by atoms with Crippen LogP contribution in [0.4, 0.5) is 5.82 Å². The van der Waals surface area contributed by atoms with Crippen LogP contribution in [0.2, 0.25) is 0 Å². The third-order valence-corrected chi connectivity index (χ3v) is 4.44. The number of halogens is 1. The lowest BCUT2D eigenvalue weighted by Crippen LogP contribution is -2.46. The Labute approximate surface area is 115 Å². The van der Waals surface area contributed by atoms with E-state index in [4.69, 9.17) is 11.6 Å². The normalized spacial score (nSPS) is 28.5. The van der Waals surface area contributed by atoms with Gasteiger partial charge in [0.15, 0.2) is 0 Å². The van der Waals surface area contributed by atoms with Gasteiger partial charge in [0.25, 0.3) is 0 Å². The predicted octanol–water partition coefficient (Wildman–Crippen LogP) is 4.00. The number of rotatable bonds is 2. The molecule has 0 bridgehead atoms. The number of aryl methyl sites for hydroxylation is 1. The monoisotopic (exact) mass is 266 g/mol. The molecule has 1 saturated heterocycles. The first-order valence-electron chi connectivity index (χ1n) is 6.81. The Kier molecular flexibility index (Phi) is 4.16. The Morgan fingerprint density at radius 2 is 2.11 bits per heavy atom. The molecule has 0 saturated carbocycles. The summed E-state index contributed by atoms with van der Waals surface area (Å²) in [7, 11) is 0. The third-order valence-electron chi connectivity index (χ3n) is 4.13. The van der Waals surface area contributed by atoms with Gasteiger partial charge in [0.05, 0.1) is 0 Å². The van der Waals surface area contributed by atoms with Crippen LogP contribution in [0, 0.1) is 18.8 Å². The third kappa shape index (κ3) is 2.64. The van der Waals surface area contributed by atoms with Crippen molar-refractivity contribution >= 4 is 17.4 Å². The molecule has 0 N–H and O–H groups in total. The van der Waals surface area contributed by atoms with Crippen molar-refractivity contribution < 1.29 is 0 Å². The minimum atomic E-state index is 0.538. The van der Waals surface area contributed by atoms with Gasteiger partial charge >= 0.3 is 0 Å². The van der Waals surface area contributed by atoms with E-state index in [0.717, 1.165) is 29.8 Å². The zero-order valence-corrected chi connectivity index (χ0v) is 12.5. The van der Waals surface area contributed by atoms with E-state index in [-0.39, 0.29) is 0 Å². The zero-order chi connectivity index (χ0) is 13.3. The number of hydrogen-bond donors (Lipinski definition) is 0. The summed E-state index contributed by atoms with van der Waals surface area (Å²) in [4.78, 5) is 7.10. The van der Waals surface area contributed by atoms with Crippen molar-refractivity contribution in [2.75, 3.05) is 11.4 Å². The molecule has 1 aliphatic heterocycles. The molecule has 2 nitrogen and oxygen atoms in total. The number of piperidine rings is 1. The van der Waals surface area contributed by atoms with Crippen molar-refractivity contribution in [1.82, 2.24) is 4.98 Å². The lowest BCUT2D eigenvalue weighted by molar-refractivity contribution is 0.295. The van der Waals surface area contributed by atoms with Gasteiger partial charge in [-0.1, -0.05) is 13.8 Å². The fraction of sp³-hybridized carbons (Fsp3) is 0.667. The SMILES string of the molecule is Cc1cc(CCl)cnc1N1CC(C)CC(C)C1C. The van der Waals surface area contributed by atoms with Crippen LogP contribution in [0.3, 0.4) is 0 Å². The van der Waals surface area contributed by atoms with E-state index in [0.29, 0.717) is 11.9 Å². The van der Waals surface area contributed by atoms with Crippen molar-refractivity contribution in [2.24, 2.45) is 11.8 Å². The molecule has 2 rings (SSSR count). The summed E-state index contributed by atoms with van der Waals surface area (Å²) in [5.74, 6) is 3.14. The summed E-state index contributed by atoms with van der Waals surface area (Å²) in [6, 6.07) is 2.72. The molecule has 0 spiro atoms. The first kappa shape index (κ1) is 13.7. The van der Waals surface area contributed by atoms with Gasteiger partial charge in [0.2, 0.25) is 0 Å². The second-order valence-electron chi connectivity index (χ2n) is 5.83. The van der Waals surface area contributed by atoms with Crippen LogP contribution in [0.1, 0.15) is 38.3 Å². The van der Waals surface area contributed by atoms with Gasteiger partial charge in [-0.05, 0) is 49.3 Å². The van der Waals surface area contributed by atoms with Crippen molar-refractivity contribution in [3.8, 4) is 0 Å². The zero-order valence-electron chi connectivity index (χ0n) is 11.8. The van der Waals surface area contributed by atoms with Crippen LogP contribution in [0.15, 0.2) is 12.3 Å². The molecular weight excluding hydrogens is 244 g/mol. The van der Waals surface area contributed by atoms with Crippen LogP contribution < -0.4 is 4.90 Å². The maximum atomic E-state index is 5.86. The minimum absolute atomic E-state index is 0.538. The molecular formula is C15H23ClN2. The fourth-order valence-corrected chi connectivity index (χ4v) is 3.14. The van der Waals surface area contributed by atoms with E-state index in [1.807, 2.05) is 6.20 Å². The average Bonchev–Trinajstić information content (AvgIpc) is 2.34. The first-order chi connectivity index (χ1) is 8.52. The molecule has 0 aliphatic carbocycles. The quantitative estimate of drug-likeness (QED) is 0.752. The van der Waals surface area contributed by atoms with E-state index in [1.165, 1.54) is 12.0 Å². The molecule has 100 valence electrons.